The van der Waals surface area contributed by atoms with Gasteiger partial charge in [-0.1, -0.05) is 6.08 Å². The number of anilines is 1. The number of halogens is 4. The summed E-state index contributed by atoms with van der Waals surface area (Å²) in [6.45, 7) is -0.351. The molecule has 1 aromatic carbocycles. The number of amides is 1. The number of thioether (sulfide) groups is 1. The SMILES string of the molecule is [B]C([B])(O)Oc1ccc(F)cc1CNc1nc(C(F)(F)F)ncc1C(=O)NC(/C=C/SC)C1CC1. The van der Waals surface area contributed by atoms with Gasteiger partial charge < -0.3 is 20.5 Å². The Morgan fingerprint density at radius 1 is 1.37 bits per heavy atom. The van der Waals surface area contributed by atoms with Gasteiger partial charge in [-0.15, -0.1) is 11.8 Å². The number of ether oxygens (including phenoxy) is 1. The molecule has 1 heterocycles. The van der Waals surface area contributed by atoms with E-state index in [9.17, 15) is 27.5 Å². The van der Waals surface area contributed by atoms with Crippen molar-refractivity contribution in [3.8, 4) is 5.75 Å². The monoisotopic (exact) mass is 506 g/mol. The second-order valence-corrected chi connectivity index (χ2v) is 8.56. The maximum Gasteiger partial charge on any atom is 0.451 e. The third kappa shape index (κ3) is 7.89. The summed E-state index contributed by atoms with van der Waals surface area (Å²) in [6.07, 6.45) is 1.40. The first-order valence-electron chi connectivity index (χ1n) is 10.3. The molecule has 0 saturated heterocycles. The number of aromatic nitrogens is 2. The fraction of sp³-hybridized carbons (Fsp3) is 0.381. The van der Waals surface area contributed by atoms with E-state index < -0.39 is 35.1 Å². The summed E-state index contributed by atoms with van der Waals surface area (Å²) in [5.74, 6) is -3.19. The van der Waals surface area contributed by atoms with E-state index in [0.717, 1.165) is 37.2 Å². The number of aliphatic hydroxyl groups is 1. The van der Waals surface area contributed by atoms with Gasteiger partial charge in [0.2, 0.25) is 5.82 Å². The Labute approximate surface area is 206 Å². The first-order chi connectivity index (χ1) is 16.4. The molecule has 35 heavy (non-hydrogen) atoms. The lowest BCUT2D eigenvalue weighted by molar-refractivity contribution is -0.144. The number of benzene rings is 1. The second-order valence-electron chi connectivity index (χ2n) is 7.81. The normalized spacial score (nSPS) is 15.1. The average molecular weight is 506 g/mol. The van der Waals surface area contributed by atoms with Crippen molar-refractivity contribution in [3.63, 3.8) is 0 Å². The Balaban J connectivity index is 1.90. The van der Waals surface area contributed by atoms with Crippen LogP contribution in [-0.4, -0.2) is 54.6 Å². The quantitative estimate of drug-likeness (QED) is 0.259. The predicted molar refractivity (Wildman–Crippen MR) is 124 cm³/mol. The molecule has 7 nitrogen and oxygen atoms in total. The lowest BCUT2D eigenvalue weighted by Crippen LogP contribution is -2.37. The van der Waals surface area contributed by atoms with Gasteiger partial charge in [-0.2, -0.15) is 13.2 Å². The molecule has 0 bridgehead atoms. The van der Waals surface area contributed by atoms with E-state index in [4.69, 9.17) is 20.4 Å². The van der Waals surface area contributed by atoms with Crippen LogP contribution in [0, 0.1) is 11.7 Å². The van der Waals surface area contributed by atoms with Gasteiger partial charge in [0.25, 0.3) is 5.91 Å². The molecule has 3 N–H and O–H groups in total. The molecule has 1 amide bonds. The summed E-state index contributed by atoms with van der Waals surface area (Å²) in [6, 6.07) is 2.83. The van der Waals surface area contributed by atoms with Crippen molar-refractivity contribution in [3.05, 3.63) is 58.6 Å². The number of nitrogens with one attached hydrogen (secondary N) is 2. The number of hydrogen-bond acceptors (Lipinski definition) is 7. The average Bonchev–Trinajstić information content (AvgIpc) is 3.60. The van der Waals surface area contributed by atoms with E-state index in [1.807, 2.05) is 17.7 Å². The van der Waals surface area contributed by atoms with Crippen LogP contribution in [0.4, 0.5) is 23.4 Å². The van der Waals surface area contributed by atoms with Crippen LogP contribution in [0.1, 0.15) is 34.6 Å². The summed E-state index contributed by atoms with van der Waals surface area (Å²) >= 11 is 1.45. The van der Waals surface area contributed by atoms with Gasteiger partial charge in [-0.3, -0.25) is 4.79 Å². The van der Waals surface area contributed by atoms with E-state index >= 15 is 0 Å². The van der Waals surface area contributed by atoms with E-state index in [1.54, 1.807) is 0 Å². The standard InChI is InChI=1S/C21H20B2F4N4O3S/c1-35-7-6-15(11-2-3-11)30-18(32)14-10-29-19(20(25,26)27)31-17(14)28-9-12-8-13(24)4-5-16(12)34-21(22,23)33/h4-8,10-11,15,33H,2-3,9H2,1H3,(H,30,32)(H,28,29,31)/b7-6+. The number of alkyl halides is 3. The Morgan fingerprint density at radius 2 is 2.09 bits per heavy atom. The van der Waals surface area contributed by atoms with Crippen LogP contribution in [0.2, 0.25) is 0 Å². The summed E-state index contributed by atoms with van der Waals surface area (Å²) in [5, 5.41) is 16.7. The summed E-state index contributed by atoms with van der Waals surface area (Å²) < 4.78 is 58.5. The van der Waals surface area contributed by atoms with E-state index in [0.29, 0.717) is 0 Å². The molecule has 1 atom stereocenters. The highest BCUT2D eigenvalue weighted by Crippen LogP contribution is 2.34. The highest BCUT2D eigenvalue weighted by atomic mass is 32.2. The molecule has 14 heteroatoms. The molecule has 1 aliphatic carbocycles. The zero-order valence-corrected chi connectivity index (χ0v) is 19.3. The Kier molecular flexibility index (Phi) is 8.37. The Bertz CT molecular complexity index is 1100. The Hall–Kier alpha value is -2.73. The van der Waals surface area contributed by atoms with Gasteiger partial charge in [0.1, 0.15) is 28.5 Å². The van der Waals surface area contributed by atoms with Gasteiger partial charge >= 0.3 is 6.18 Å². The molecule has 1 saturated carbocycles. The fourth-order valence-electron chi connectivity index (χ4n) is 3.13. The third-order valence-electron chi connectivity index (χ3n) is 4.88. The highest BCUT2D eigenvalue weighted by molar-refractivity contribution is 8.01. The number of rotatable bonds is 10. The van der Waals surface area contributed by atoms with E-state index in [-0.39, 0.29) is 35.4 Å². The first kappa shape index (κ1) is 26.9. The maximum atomic E-state index is 13.8. The molecular weight excluding hydrogens is 486 g/mol. The van der Waals surface area contributed by atoms with Crippen molar-refractivity contribution >= 4 is 39.2 Å². The molecule has 0 spiro atoms. The smallest absolute Gasteiger partial charge is 0.451 e. The minimum Gasteiger partial charge on any atom is -0.481 e. The van der Waals surface area contributed by atoms with Crippen LogP contribution in [0.15, 0.2) is 35.9 Å². The van der Waals surface area contributed by atoms with Crippen molar-refractivity contribution in [2.45, 2.75) is 37.2 Å². The molecule has 182 valence electrons. The van der Waals surface area contributed by atoms with Crippen molar-refractivity contribution in [1.29, 1.82) is 0 Å². The highest BCUT2D eigenvalue weighted by Gasteiger charge is 2.36. The number of carbonyl (C=O) groups is 1. The van der Waals surface area contributed by atoms with Gasteiger partial charge in [-0.25, -0.2) is 14.4 Å². The van der Waals surface area contributed by atoms with Gasteiger partial charge in [0.15, 0.2) is 15.7 Å². The van der Waals surface area contributed by atoms with E-state index in [2.05, 4.69) is 20.6 Å². The lowest BCUT2D eigenvalue weighted by Gasteiger charge is -2.23. The zero-order chi connectivity index (χ0) is 25.8. The third-order valence-corrected chi connectivity index (χ3v) is 5.31. The summed E-state index contributed by atoms with van der Waals surface area (Å²) in [5.41, 5.74) is -2.79. The fourth-order valence-corrected chi connectivity index (χ4v) is 3.46. The van der Waals surface area contributed by atoms with Gasteiger partial charge in [0, 0.05) is 18.3 Å². The topological polar surface area (TPSA) is 96.4 Å². The molecule has 3 rings (SSSR count). The Morgan fingerprint density at radius 3 is 2.69 bits per heavy atom. The van der Waals surface area contributed by atoms with Crippen LogP contribution < -0.4 is 15.4 Å². The second kappa shape index (κ2) is 10.9. The maximum absolute atomic E-state index is 13.8. The van der Waals surface area contributed by atoms with Gasteiger partial charge in [-0.05, 0) is 48.6 Å². The van der Waals surface area contributed by atoms with Crippen LogP contribution in [-0.2, 0) is 12.7 Å². The number of carbonyl (C=O) groups excluding carboxylic acids is 1. The summed E-state index contributed by atoms with van der Waals surface area (Å²) in [7, 11) is 10.4. The van der Waals surface area contributed by atoms with E-state index in [1.165, 1.54) is 11.8 Å². The van der Waals surface area contributed by atoms with Crippen LogP contribution in [0.25, 0.3) is 0 Å². The molecular formula is C21H20B2F4N4O3S. The van der Waals surface area contributed by atoms with Crippen LogP contribution in [0.3, 0.4) is 0 Å². The van der Waals surface area contributed by atoms with Crippen molar-refractivity contribution in [2.24, 2.45) is 5.92 Å². The molecule has 0 aliphatic heterocycles. The van der Waals surface area contributed by atoms with Gasteiger partial charge in [0.05, 0.1) is 6.04 Å². The number of hydrogen-bond donors (Lipinski definition) is 3. The predicted octanol–water partition coefficient (Wildman–Crippen LogP) is 2.95. The minimum absolute atomic E-state index is 0.0385. The molecule has 1 unspecified atom stereocenters. The van der Waals surface area contributed by atoms with Crippen molar-refractivity contribution in [1.82, 2.24) is 15.3 Å². The lowest BCUT2D eigenvalue weighted by atomic mass is 9.76. The summed E-state index contributed by atoms with van der Waals surface area (Å²) in [4.78, 5) is 19.7. The molecule has 1 aliphatic rings. The minimum atomic E-state index is -4.87. The zero-order valence-electron chi connectivity index (χ0n) is 18.5. The number of nitrogens with zero attached hydrogens (tertiary/aromatic N) is 2. The van der Waals surface area contributed by atoms with Crippen LogP contribution >= 0.6 is 11.8 Å². The first-order valence-corrected chi connectivity index (χ1v) is 11.6. The van der Waals surface area contributed by atoms with Crippen molar-refractivity contribution in [2.75, 3.05) is 11.6 Å². The molecule has 2 aromatic rings. The van der Waals surface area contributed by atoms with Crippen molar-refractivity contribution < 1.29 is 32.2 Å². The largest absolute Gasteiger partial charge is 0.481 e. The van der Waals surface area contributed by atoms with Crippen LogP contribution in [0.5, 0.6) is 5.75 Å². The molecule has 1 aromatic heterocycles. The molecule has 1 fully saturated rings. The molecule has 4 radical (unpaired) electrons.